The van der Waals surface area contributed by atoms with E-state index in [-0.39, 0.29) is 11.9 Å². The Morgan fingerprint density at radius 2 is 2.17 bits per heavy atom. The van der Waals surface area contributed by atoms with Crippen LogP contribution in [0.5, 0.6) is 5.75 Å². The van der Waals surface area contributed by atoms with Gasteiger partial charge in [0.1, 0.15) is 5.75 Å². The van der Waals surface area contributed by atoms with Crippen LogP contribution < -0.4 is 0 Å². The maximum absolute atomic E-state index is 10.0. The summed E-state index contributed by atoms with van der Waals surface area (Å²) in [5.41, 5.74) is 4.83. The van der Waals surface area contributed by atoms with Gasteiger partial charge in [-0.1, -0.05) is 43.7 Å². The van der Waals surface area contributed by atoms with Crippen LogP contribution in [0.25, 0.3) is 11.6 Å². The minimum absolute atomic E-state index is 0.130. The average Bonchev–Trinajstić information content (AvgIpc) is 2.73. The van der Waals surface area contributed by atoms with Crippen LogP contribution in [0.15, 0.2) is 66.4 Å². The van der Waals surface area contributed by atoms with Crippen molar-refractivity contribution in [3.05, 3.63) is 82.7 Å². The molecular formula is C24H27BClNO3. The van der Waals surface area contributed by atoms with Crippen LogP contribution in [0.2, 0.25) is 11.3 Å². The number of phenols is 1. The molecule has 1 atom stereocenters. The summed E-state index contributed by atoms with van der Waals surface area (Å²) in [5, 5.41) is 20.1. The van der Waals surface area contributed by atoms with Crippen LogP contribution in [0.1, 0.15) is 43.9 Å². The van der Waals surface area contributed by atoms with Crippen molar-refractivity contribution in [1.29, 1.82) is 0 Å². The predicted molar refractivity (Wildman–Crippen MR) is 124 cm³/mol. The number of aromatic nitrogens is 1. The zero-order valence-corrected chi connectivity index (χ0v) is 18.0. The molecule has 1 aromatic heterocycles. The van der Waals surface area contributed by atoms with E-state index in [9.17, 15) is 10.1 Å². The molecule has 0 fully saturated rings. The molecule has 0 saturated heterocycles. The molecule has 156 valence electrons. The second kappa shape index (κ2) is 10.6. The van der Waals surface area contributed by atoms with Crippen molar-refractivity contribution in [3.63, 3.8) is 0 Å². The number of hydrogen-bond donors (Lipinski definition) is 2. The number of nitrogens with zero attached hydrogens (tertiary/aromatic N) is 1. The molecule has 1 aliphatic heterocycles. The van der Waals surface area contributed by atoms with E-state index in [1.54, 1.807) is 18.3 Å². The number of rotatable bonds is 8. The van der Waals surface area contributed by atoms with E-state index in [4.69, 9.17) is 16.3 Å². The van der Waals surface area contributed by atoms with Crippen molar-refractivity contribution in [2.24, 2.45) is 0 Å². The molecule has 0 bridgehead atoms. The Morgan fingerprint density at radius 1 is 1.33 bits per heavy atom. The number of benzene rings is 1. The molecule has 0 spiro atoms. The van der Waals surface area contributed by atoms with Crippen LogP contribution in [-0.2, 0) is 4.65 Å². The summed E-state index contributed by atoms with van der Waals surface area (Å²) in [6.07, 6.45) is 9.38. The van der Waals surface area contributed by atoms with Crippen LogP contribution in [0.3, 0.4) is 0 Å². The van der Waals surface area contributed by atoms with Gasteiger partial charge in [-0.3, -0.25) is 4.98 Å². The average molecular weight is 424 g/mol. The Morgan fingerprint density at radius 3 is 2.87 bits per heavy atom. The van der Waals surface area contributed by atoms with Gasteiger partial charge in [-0.25, -0.2) is 0 Å². The Labute approximate surface area is 183 Å². The highest BCUT2D eigenvalue weighted by molar-refractivity contribution is 6.43. The van der Waals surface area contributed by atoms with E-state index >= 15 is 0 Å². The van der Waals surface area contributed by atoms with E-state index in [0.29, 0.717) is 24.2 Å². The first kappa shape index (κ1) is 22.4. The molecule has 1 unspecified atom stereocenters. The summed E-state index contributed by atoms with van der Waals surface area (Å²) in [7, 11) is -0.790. The number of hydrogen-bond acceptors (Lipinski definition) is 4. The fourth-order valence-electron chi connectivity index (χ4n) is 3.65. The third-order valence-corrected chi connectivity index (χ3v) is 5.48. The van der Waals surface area contributed by atoms with Crippen molar-refractivity contribution >= 4 is 30.4 Å². The molecule has 0 saturated carbocycles. The Balaban J connectivity index is 1.86. The molecule has 3 rings (SSSR count). The van der Waals surface area contributed by atoms with Gasteiger partial charge in [-0.05, 0) is 78.0 Å². The Kier molecular flexibility index (Phi) is 7.91. The summed E-state index contributed by atoms with van der Waals surface area (Å²) < 4.78 is 5.86. The first-order chi connectivity index (χ1) is 14.5. The predicted octanol–water partition coefficient (Wildman–Crippen LogP) is 5.92. The maximum atomic E-state index is 10.0. The van der Waals surface area contributed by atoms with E-state index in [1.165, 1.54) is 6.07 Å². The van der Waals surface area contributed by atoms with Crippen LogP contribution in [-0.4, -0.2) is 28.3 Å². The second-order valence-electron chi connectivity index (χ2n) is 7.46. The molecule has 0 aliphatic carbocycles. The molecule has 4 nitrogen and oxygen atoms in total. The number of aromatic hydroxyl groups is 1. The molecular weight excluding hydrogens is 397 g/mol. The monoisotopic (exact) mass is 423 g/mol. The van der Waals surface area contributed by atoms with Crippen LogP contribution in [0, 0.1) is 0 Å². The van der Waals surface area contributed by atoms with Crippen molar-refractivity contribution in [2.75, 3.05) is 0 Å². The summed E-state index contributed by atoms with van der Waals surface area (Å²) in [5.74, 6) is 0.130. The topological polar surface area (TPSA) is 62.6 Å². The standard InChI is InChI=1S/C24H27BClNO3/c1-3-6-17(2)21-12-13-25(29)30-24(21)11-9-19(23-7-4-5-14-27-23)15-18-8-10-20(28)16-22(18)26/h4-5,7-8,10,12,14-16,24,28-29H,2-3,6,9,11,13H2,1H3/b19-15-. The highest BCUT2D eigenvalue weighted by atomic mass is 35.5. The van der Waals surface area contributed by atoms with Gasteiger partial charge in [0.25, 0.3) is 0 Å². The van der Waals surface area contributed by atoms with Gasteiger partial charge in [0.2, 0.25) is 0 Å². The number of halogens is 1. The molecule has 2 heterocycles. The maximum Gasteiger partial charge on any atom is 0.458 e. The normalized spacial score (nSPS) is 17.0. The van der Waals surface area contributed by atoms with Gasteiger partial charge in [0.05, 0.1) is 16.8 Å². The highest BCUT2D eigenvalue weighted by Crippen LogP contribution is 2.32. The molecule has 2 aromatic rings. The largest absolute Gasteiger partial charge is 0.508 e. The second-order valence-corrected chi connectivity index (χ2v) is 7.86. The van der Waals surface area contributed by atoms with Crippen molar-refractivity contribution in [3.8, 4) is 5.75 Å². The molecule has 1 aliphatic rings. The third kappa shape index (κ3) is 5.85. The van der Waals surface area contributed by atoms with Gasteiger partial charge in [0, 0.05) is 12.5 Å². The smallest absolute Gasteiger partial charge is 0.458 e. The van der Waals surface area contributed by atoms with Crippen molar-refractivity contribution in [1.82, 2.24) is 4.98 Å². The number of pyridine rings is 1. The summed E-state index contributed by atoms with van der Waals surface area (Å²) in [4.78, 5) is 4.50. The lowest BCUT2D eigenvalue weighted by molar-refractivity contribution is 0.184. The quantitative estimate of drug-likeness (QED) is 0.517. The SMILES string of the molecule is C=C(CCC)C1=CCB(O)OC1CC/C(=C/c1ccc(O)cc1Cl)c1ccccn1. The number of phenolic OH excluding ortho intramolecular Hbond substituents is 1. The molecule has 0 radical (unpaired) electrons. The number of allylic oxidation sites excluding steroid dienone is 2. The lowest BCUT2D eigenvalue weighted by Crippen LogP contribution is -2.31. The first-order valence-electron chi connectivity index (χ1n) is 10.3. The van der Waals surface area contributed by atoms with Crippen molar-refractivity contribution in [2.45, 2.75) is 45.0 Å². The van der Waals surface area contributed by atoms with Gasteiger partial charge in [-0.15, -0.1) is 0 Å². The van der Waals surface area contributed by atoms with E-state index in [0.717, 1.165) is 40.8 Å². The Bertz CT molecular complexity index is 943. The van der Waals surface area contributed by atoms with E-state index in [2.05, 4.69) is 24.6 Å². The van der Waals surface area contributed by atoms with Gasteiger partial charge in [0.15, 0.2) is 0 Å². The molecule has 0 amide bonds. The van der Waals surface area contributed by atoms with Crippen LogP contribution >= 0.6 is 11.6 Å². The fourth-order valence-corrected chi connectivity index (χ4v) is 3.88. The Hall–Kier alpha value is -2.34. The zero-order chi connectivity index (χ0) is 21.5. The van der Waals surface area contributed by atoms with Gasteiger partial charge in [-0.2, -0.15) is 0 Å². The summed E-state index contributed by atoms with van der Waals surface area (Å²) in [6, 6.07) is 10.7. The van der Waals surface area contributed by atoms with E-state index in [1.807, 2.05) is 24.3 Å². The lowest BCUT2D eigenvalue weighted by atomic mass is 9.77. The van der Waals surface area contributed by atoms with E-state index < -0.39 is 7.12 Å². The van der Waals surface area contributed by atoms with Crippen LogP contribution in [0.4, 0.5) is 0 Å². The molecule has 1 aromatic carbocycles. The van der Waals surface area contributed by atoms with Gasteiger partial charge >= 0.3 is 7.12 Å². The molecule has 6 heteroatoms. The minimum Gasteiger partial charge on any atom is -0.508 e. The minimum atomic E-state index is -0.790. The zero-order valence-electron chi connectivity index (χ0n) is 17.2. The third-order valence-electron chi connectivity index (χ3n) is 5.15. The molecule has 30 heavy (non-hydrogen) atoms. The summed E-state index contributed by atoms with van der Waals surface area (Å²) >= 11 is 6.33. The lowest BCUT2D eigenvalue weighted by Gasteiger charge is -2.28. The fraction of sp³-hybridized carbons (Fsp3) is 0.292. The summed E-state index contributed by atoms with van der Waals surface area (Å²) in [6.45, 7) is 6.35. The molecule has 2 N–H and O–H groups in total. The van der Waals surface area contributed by atoms with Gasteiger partial charge < -0.3 is 14.8 Å². The first-order valence-corrected chi connectivity index (χ1v) is 10.7. The van der Waals surface area contributed by atoms with Crippen molar-refractivity contribution < 1.29 is 14.8 Å². The highest BCUT2D eigenvalue weighted by Gasteiger charge is 2.28.